The quantitative estimate of drug-likeness (QED) is 0.592. The lowest BCUT2D eigenvalue weighted by Crippen LogP contribution is -2.45. The van der Waals surface area contributed by atoms with E-state index in [-0.39, 0.29) is 6.09 Å². The van der Waals surface area contributed by atoms with E-state index in [4.69, 9.17) is 21.1 Å². The van der Waals surface area contributed by atoms with Crippen LogP contribution in [0, 0.1) is 6.92 Å². The van der Waals surface area contributed by atoms with E-state index in [1.807, 2.05) is 37.3 Å². The number of hydrogen-bond acceptors (Lipinski definition) is 7. The maximum absolute atomic E-state index is 13.0. The van der Waals surface area contributed by atoms with Gasteiger partial charge >= 0.3 is 6.09 Å². The first kappa shape index (κ1) is 21.7. The second kappa shape index (κ2) is 8.35. The number of hydrogen-bond donors (Lipinski definition) is 1. The smallest absolute Gasteiger partial charge is 0.415 e. The van der Waals surface area contributed by atoms with E-state index in [1.165, 1.54) is 6.33 Å². The summed E-state index contributed by atoms with van der Waals surface area (Å²) in [7, 11) is 3.68. The van der Waals surface area contributed by atoms with E-state index in [0.29, 0.717) is 34.3 Å². The van der Waals surface area contributed by atoms with Crippen molar-refractivity contribution in [3.63, 3.8) is 0 Å². The molecule has 1 aromatic heterocycles. The van der Waals surface area contributed by atoms with Crippen LogP contribution in [0.1, 0.15) is 18.4 Å². The standard InChI is InChI=1S/C24H26ClN5O3/c1-15-4-5-16(10-18(15)25)28-22-17-11-20(21(32-3)12-19(17)26-14-27-22)30-13-24(33-23(30)31)6-8-29(2)9-7-24/h4-5,10-12,14H,6-9,13H2,1-3H3,(H,26,27,28). The fraction of sp³-hybridized carbons (Fsp3) is 0.375. The molecule has 0 atom stereocenters. The highest BCUT2D eigenvalue weighted by molar-refractivity contribution is 6.31. The molecule has 0 saturated carbocycles. The molecule has 1 spiro atoms. The predicted octanol–water partition coefficient (Wildman–Crippen LogP) is 4.76. The van der Waals surface area contributed by atoms with Crippen molar-refractivity contribution in [2.45, 2.75) is 25.4 Å². The van der Waals surface area contributed by atoms with Crippen molar-refractivity contribution < 1.29 is 14.3 Å². The molecule has 5 rings (SSSR count). The van der Waals surface area contributed by atoms with Crippen LogP contribution in [0.5, 0.6) is 5.75 Å². The second-order valence-corrected chi connectivity index (χ2v) is 9.20. The molecule has 3 aromatic rings. The Morgan fingerprint density at radius 3 is 2.70 bits per heavy atom. The zero-order chi connectivity index (χ0) is 23.2. The highest BCUT2D eigenvalue weighted by Crippen LogP contribution is 2.41. The maximum atomic E-state index is 13.0. The Bertz CT molecular complexity index is 1230. The molecular formula is C24H26ClN5O3. The highest BCUT2D eigenvalue weighted by Gasteiger charge is 2.47. The van der Waals surface area contributed by atoms with Crippen LogP contribution in [-0.2, 0) is 4.74 Å². The number of halogens is 1. The number of methoxy groups -OCH3 is 1. The Labute approximate surface area is 197 Å². The van der Waals surface area contributed by atoms with Gasteiger partial charge < -0.3 is 19.7 Å². The molecule has 0 unspecified atom stereocenters. The van der Waals surface area contributed by atoms with E-state index in [1.54, 1.807) is 12.0 Å². The van der Waals surface area contributed by atoms with Gasteiger partial charge in [0.05, 0.1) is 24.9 Å². The molecule has 172 valence electrons. The number of nitrogens with one attached hydrogen (secondary N) is 1. The molecule has 9 heteroatoms. The van der Waals surface area contributed by atoms with Gasteiger partial charge in [-0.15, -0.1) is 0 Å². The van der Waals surface area contributed by atoms with E-state index < -0.39 is 5.60 Å². The molecule has 2 aliphatic rings. The molecule has 0 radical (unpaired) electrons. The van der Waals surface area contributed by atoms with Crippen LogP contribution >= 0.6 is 11.6 Å². The van der Waals surface area contributed by atoms with Gasteiger partial charge in [0.1, 0.15) is 23.5 Å². The van der Waals surface area contributed by atoms with Gasteiger partial charge in [0.15, 0.2) is 0 Å². The van der Waals surface area contributed by atoms with Gasteiger partial charge in [-0.1, -0.05) is 17.7 Å². The minimum atomic E-state index is -0.462. The fourth-order valence-electron chi connectivity index (χ4n) is 4.45. The van der Waals surface area contributed by atoms with Crippen molar-refractivity contribution in [1.82, 2.24) is 14.9 Å². The number of carbonyl (C=O) groups is 1. The Balaban J connectivity index is 1.53. The summed E-state index contributed by atoms with van der Waals surface area (Å²) in [6.07, 6.45) is 2.77. The van der Waals surface area contributed by atoms with Gasteiger partial charge in [0.2, 0.25) is 0 Å². The zero-order valence-electron chi connectivity index (χ0n) is 18.9. The third-order valence-electron chi connectivity index (χ3n) is 6.53. The van der Waals surface area contributed by atoms with Crippen LogP contribution < -0.4 is 15.0 Å². The van der Waals surface area contributed by atoms with Gasteiger partial charge in [-0.05, 0) is 37.7 Å². The number of piperidine rings is 1. The summed E-state index contributed by atoms with van der Waals surface area (Å²) in [6, 6.07) is 9.47. The number of fused-ring (bicyclic) bond motifs is 1. The van der Waals surface area contributed by atoms with Crippen LogP contribution in [0.15, 0.2) is 36.7 Å². The largest absolute Gasteiger partial charge is 0.494 e. The van der Waals surface area contributed by atoms with Crippen LogP contribution in [0.3, 0.4) is 0 Å². The van der Waals surface area contributed by atoms with Gasteiger partial charge in [-0.2, -0.15) is 0 Å². The van der Waals surface area contributed by atoms with Gasteiger partial charge in [0, 0.05) is 48.1 Å². The molecule has 1 N–H and O–H groups in total. The third-order valence-corrected chi connectivity index (χ3v) is 6.94. The Morgan fingerprint density at radius 2 is 1.97 bits per heavy atom. The molecule has 3 heterocycles. The van der Waals surface area contributed by atoms with Crippen molar-refractivity contribution in [2.75, 3.05) is 44.0 Å². The summed E-state index contributed by atoms with van der Waals surface area (Å²) >= 11 is 6.29. The summed E-state index contributed by atoms with van der Waals surface area (Å²) in [5, 5.41) is 4.76. The summed E-state index contributed by atoms with van der Waals surface area (Å²) < 4.78 is 11.5. The zero-order valence-corrected chi connectivity index (χ0v) is 19.6. The van der Waals surface area contributed by atoms with Crippen LogP contribution in [-0.4, -0.2) is 60.4 Å². The maximum Gasteiger partial charge on any atom is 0.415 e. The normalized spacial score (nSPS) is 18.1. The van der Waals surface area contributed by atoms with Gasteiger partial charge in [-0.3, -0.25) is 4.90 Å². The number of likely N-dealkylation sites (tertiary alicyclic amines) is 1. The lowest BCUT2D eigenvalue weighted by atomic mass is 9.91. The Morgan fingerprint density at radius 1 is 1.18 bits per heavy atom. The first-order valence-corrected chi connectivity index (χ1v) is 11.3. The average Bonchev–Trinajstić information content (AvgIpc) is 3.13. The Kier molecular flexibility index (Phi) is 5.50. The molecule has 2 saturated heterocycles. The Hall–Kier alpha value is -3.10. The van der Waals surface area contributed by atoms with Gasteiger partial charge in [-0.25, -0.2) is 14.8 Å². The number of benzene rings is 2. The molecule has 2 aliphatic heterocycles. The number of nitrogens with zero attached hydrogens (tertiary/aromatic N) is 4. The highest BCUT2D eigenvalue weighted by atomic mass is 35.5. The van der Waals surface area contributed by atoms with Crippen molar-refractivity contribution >= 4 is 45.8 Å². The number of amides is 1. The van der Waals surface area contributed by atoms with E-state index in [0.717, 1.165) is 42.6 Å². The monoisotopic (exact) mass is 467 g/mol. The van der Waals surface area contributed by atoms with Crippen LogP contribution in [0.25, 0.3) is 10.9 Å². The van der Waals surface area contributed by atoms with Crippen molar-refractivity contribution in [3.05, 3.63) is 47.2 Å². The molecule has 0 aliphatic carbocycles. The summed E-state index contributed by atoms with van der Waals surface area (Å²) in [6.45, 7) is 4.25. The topological polar surface area (TPSA) is 79.8 Å². The number of ether oxygens (including phenoxy) is 2. The minimum Gasteiger partial charge on any atom is -0.494 e. The van der Waals surface area contributed by atoms with E-state index in [2.05, 4.69) is 27.2 Å². The van der Waals surface area contributed by atoms with Crippen LogP contribution in [0.4, 0.5) is 22.0 Å². The third kappa shape index (κ3) is 4.05. The number of carbonyl (C=O) groups excluding carboxylic acids is 1. The summed E-state index contributed by atoms with van der Waals surface area (Å²) in [5.74, 6) is 1.18. The minimum absolute atomic E-state index is 0.353. The molecule has 1 amide bonds. The number of rotatable bonds is 4. The first-order valence-electron chi connectivity index (χ1n) is 10.9. The summed E-state index contributed by atoms with van der Waals surface area (Å²) in [4.78, 5) is 25.7. The molecular weight excluding hydrogens is 442 g/mol. The lowest BCUT2D eigenvalue weighted by Gasteiger charge is -2.35. The SMILES string of the molecule is COc1cc2ncnc(Nc3ccc(C)c(Cl)c3)c2cc1N1CC2(CCN(C)CC2)OC1=O. The first-order chi connectivity index (χ1) is 15.9. The van der Waals surface area contributed by atoms with E-state index >= 15 is 0 Å². The lowest BCUT2D eigenvalue weighted by molar-refractivity contribution is 0.00678. The average molecular weight is 468 g/mol. The second-order valence-electron chi connectivity index (χ2n) is 8.79. The summed E-state index contributed by atoms with van der Waals surface area (Å²) in [5.41, 5.74) is 2.70. The van der Waals surface area contributed by atoms with Crippen molar-refractivity contribution in [2.24, 2.45) is 0 Å². The molecule has 33 heavy (non-hydrogen) atoms. The van der Waals surface area contributed by atoms with Crippen molar-refractivity contribution in [1.29, 1.82) is 0 Å². The molecule has 8 nitrogen and oxygen atoms in total. The molecule has 0 bridgehead atoms. The van der Waals surface area contributed by atoms with E-state index in [9.17, 15) is 4.79 Å². The number of anilines is 3. The fourth-order valence-corrected chi connectivity index (χ4v) is 4.63. The molecule has 2 fully saturated rings. The number of aromatic nitrogens is 2. The van der Waals surface area contributed by atoms with Gasteiger partial charge in [0.25, 0.3) is 0 Å². The number of aryl methyl sites for hydroxylation is 1. The van der Waals surface area contributed by atoms with Crippen molar-refractivity contribution in [3.8, 4) is 5.75 Å². The van der Waals surface area contributed by atoms with Crippen LogP contribution in [0.2, 0.25) is 5.02 Å². The molecule has 2 aromatic carbocycles. The predicted molar refractivity (Wildman–Crippen MR) is 129 cm³/mol.